The van der Waals surface area contributed by atoms with Gasteiger partial charge in [0.2, 0.25) is 5.89 Å². The lowest BCUT2D eigenvalue weighted by Gasteiger charge is -2.02. The second kappa shape index (κ2) is 6.69. The van der Waals surface area contributed by atoms with Gasteiger partial charge in [-0.2, -0.15) is 0 Å². The third kappa shape index (κ3) is 3.27. The number of aromatic nitrogens is 2. The molecule has 0 aliphatic carbocycles. The Morgan fingerprint density at radius 1 is 1.08 bits per heavy atom. The second-order valence-electron chi connectivity index (χ2n) is 4.72. The van der Waals surface area contributed by atoms with Gasteiger partial charge >= 0.3 is 5.97 Å². The van der Waals surface area contributed by atoms with Crippen molar-refractivity contribution in [3.8, 4) is 11.5 Å². The molecular formula is C16H11N3O5. The van der Waals surface area contributed by atoms with Gasteiger partial charge in [0.1, 0.15) is 5.56 Å². The van der Waals surface area contributed by atoms with Gasteiger partial charge in [0, 0.05) is 11.6 Å². The topological polar surface area (TPSA) is 108 Å². The van der Waals surface area contributed by atoms with Gasteiger partial charge in [0.25, 0.3) is 11.6 Å². The van der Waals surface area contributed by atoms with E-state index in [4.69, 9.17) is 9.15 Å². The molecule has 2 aromatic carbocycles. The first kappa shape index (κ1) is 15.3. The Labute approximate surface area is 135 Å². The first-order valence-electron chi connectivity index (χ1n) is 6.93. The fraction of sp³-hybridized carbons (Fsp3) is 0.0625. The van der Waals surface area contributed by atoms with E-state index in [9.17, 15) is 14.9 Å². The van der Waals surface area contributed by atoms with Crippen molar-refractivity contribution >= 4 is 11.7 Å². The monoisotopic (exact) mass is 325 g/mol. The van der Waals surface area contributed by atoms with Crippen LogP contribution in [-0.4, -0.2) is 21.1 Å². The van der Waals surface area contributed by atoms with Crippen molar-refractivity contribution in [3.05, 3.63) is 76.2 Å². The van der Waals surface area contributed by atoms with Crippen molar-refractivity contribution in [1.29, 1.82) is 0 Å². The molecule has 1 heterocycles. The maximum atomic E-state index is 12.0. The van der Waals surface area contributed by atoms with Gasteiger partial charge in [-0.15, -0.1) is 10.2 Å². The van der Waals surface area contributed by atoms with Gasteiger partial charge in [-0.3, -0.25) is 10.1 Å². The molecule has 120 valence electrons. The maximum absolute atomic E-state index is 12.0. The molecule has 24 heavy (non-hydrogen) atoms. The Balaban J connectivity index is 1.70. The highest BCUT2D eigenvalue weighted by Crippen LogP contribution is 2.20. The number of carbonyl (C=O) groups is 1. The fourth-order valence-electron chi connectivity index (χ4n) is 2.02. The lowest BCUT2D eigenvalue weighted by molar-refractivity contribution is -0.385. The molecule has 0 N–H and O–H groups in total. The minimum absolute atomic E-state index is 0.0980. The molecule has 0 aliphatic rings. The number of hydrogen-bond acceptors (Lipinski definition) is 7. The average molecular weight is 325 g/mol. The standard InChI is InChI=1S/C16H11N3O5/c20-16(12-8-4-5-9-13(12)19(21)22)23-10-14-17-18-15(24-14)11-6-2-1-3-7-11/h1-9H,10H2. The molecule has 0 saturated carbocycles. The van der Waals surface area contributed by atoms with Gasteiger partial charge in [-0.05, 0) is 18.2 Å². The molecule has 0 amide bonds. The van der Waals surface area contributed by atoms with Gasteiger partial charge in [0.15, 0.2) is 6.61 Å². The van der Waals surface area contributed by atoms with E-state index in [0.717, 1.165) is 5.56 Å². The molecule has 8 nitrogen and oxygen atoms in total. The highest BCUT2D eigenvalue weighted by atomic mass is 16.6. The lowest BCUT2D eigenvalue weighted by Crippen LogP contribution is -2.08. The first-order chi connectivity index (χ1) is 11.6. The fourth-order valence-corrected chi connectivity index (χ4v) is 2.02. The summed E-state index contributed by atoms with van der Waals surface area (Å²) >= 11 is 0. The van der Waals surface area contributed by atoms with Gasteiger partial charge in [-0.1, -0.05) is 30.3 Å². The van der Waals surface area contributed by atoms with Crippen molar-refractivity contribution in [1.82, 2.24) is 10.2 Å². The number of esters is 1. The summed E-state index contributed by atoms with van der Waals surface area (Å²) < 4.78 is 10.4. The number of nitro groups is 1. The predicted molar refractivity (Wildman–Crippen MR) is 81.9 cm³/mol. The minimum Gasteiger partial charge on any atom is -0.452 e. The highest BCUT2D eigenvalue weighted by Gasteiger charge is 2.21. The molecule has 0 saturated heterocycles. The van der Waals surface area contributed by atoms with Crippen LogP contribution in [0.25, 0.3) is 11.5 Å². The van der Waals surface area contributed by atoms with Crippen LogP contribution >= 0.6 is 0 Å². The second-order valence-corrected chi connectivity index (χ2v) is 4.72. The SMILES string of the molecule is O=C(OCc1nnc(-c2ccccc2)o1)c1ccccc1[N+](=O)[O-]. The molecule has 0 bridgehead atoms. The molecule has 3 rings (SSSR count). The van der Waals surface area contributed by atoms with E-state index >= 15 is 0 Å². The number of nitrogens with zero attached hydrogens (tertiary/aromatic N) is 3. The normalized spacial score (nSPS) is 10.3. The van der Waals surface area contributed by atoms with Crippen LogP contribution in [0.2, 0.25) is 0 Å². The quantitative estimate of drug-likeness (QED) is 0.403. The van der Waals surface area contributed by atoms with Crippen molar-refractivity contribution in [2.75, 3.05) is 0 Å². The molecule has 0 spiro atoms. The van der Waals surface area contributed by atoms with E-state index in [1.807, 2.05) is 18.2 Å². The molecule has 8 heteroatoms. The summed E-state index contributed by atoms with van der Waals surface area (Å²) in [6, 6.07) is 14.7. The average Bonchev–Trinajstić information content (AvgIpc) is 3.09. The summed E-state index contributed by atoms with van der Waals surface area (Å²) in [6.45, 7) is -0.273. The van der Waals surface area contributed by atoms with E-state index in [0.29, 0.717) is 5.89 Å². The summed E-state index contributed by atoms with van der Waals surface area (Å²) in [6.07, 6.45) is 0. The van der Waals surface area contributed by atoms with Crippen LogP contribution < -0.4 is 0 Å². The van der Waals surface area contributed by atoms with Crippen molar-refractivity contribution < 1.29 is 18.9 Å². The van der Waals surface area contributed by atoms with E-state index in [1.54, 1.807) is 12.1 Å². The number of benzene rings is 2. The summed E-state index contributed by atoms with van der Waals surface area (Å²) in [4.78, 5) is 22.3. The van der Waals surface area contributed by atoms with E-state index < -0.39 is 10.9 Å². The van der Waals surface area contributed by atoms with Gasteiger partial charge in [0.05, 0.1) is 4.92 Å². The summed E-state index contributed by atoms with van der Waals surface area (Å²) in [5.41, 5.74) is 0.282. The molecule has 0 aliphatic heterocycles. The van der Waals surface area contributed by atoms with Gasteiger partial charge < -0.3 is 9.15 Å². The van der Waals surface area contributed by atoms with Crippen LogP contribution in [0.5, 0.6) is 0 Å². The Hall–Kier alpha value is -3.55. The van der Waals surface area contributed by atoms with Crippen LogP contribution in [-0.2, 0) is 11.3 Å². The third-order valence-corrected chi connectivity index (χ3v) is 3.13. The number of para-hydroxylation sites is 1. The molecule has 0 fully saturated rings. The zero-order chi connectivity index (χ0) is 16.9. The third-order valence-electron chi connectivity index (χ3n) is 3.13. The maximum Gasteiger partial charge on any atom is 0.345 e. The number of rotatable bonds is 5. The lowest BCUT2D eigenvalue weighted by atomic mass is 10.2. The highest BCUT2D eigenvalue weighted by molar-refractivity contribution is 5.93. The molecule has 0 atom stereocenters. The largest absolute Gasteiger partial charge is 0.452 e. The van der Waals surface area contributed by atoms with E-state index in [-0.39, 0.29) is 23.7 Å². The summed E-state index contributed by atoms with van der Waals surface area (Å²) in [5.74, 6) is -0.435. The Morgan fingerprint density at radius 2 is 1.79 bits per heavy atom. The Morgan fingerprint density at radius 3 is 2.54 bits per heavy atom. The summed E-state index contributed by atoms with van der Waals surface area (Å²) in [7, 11) is 0. The van der Waals surface area contributed by atoms with Crippen LogP contribution in [0.3, 0.4) is 0 Å². The van der Waals surface area contributed by atoms with Crippen LogP contribution in [0.1, 0.15) is 16.2 Å². The number of ether oxygens (including phenoxy) is 1. The summed E-state index contributed by atoms with van der Waals surface area (Å²) in [5, 5.41) is 18.6. The molecule has 0 radical (unpaired) electrons. The Bertz CT molecular complexity index is 876. The zero-order valence-electron chi connectivity index (χ0n) is 12.3. The zero-order valence-corrected chi connectivity index (χ0v) is 12.3. The first-order valence-corrected chi connectivity index (χ1v) is 6.93. The number of nitro benzene ring substituents is 1. The van der Waals surface area contributed by atoms with E-state index in [2.05, 4.69) is 10.2 Å². The van der Waals surface area contributed by atoms with Crippen molar-refractivity contribution in [3.63, 3.8) is 0 Å². The smallest absolute Gasteiger partial charge is 0.345 e. The number of carbonyl (C=O) groups excluding carboxylic acids is 1. The van der Waals surface area contributed by atoms with Crippen molar-refractivity contribution in [2.24, 2.45) is 0 Å². The Kier molecular flexibility index (Phi) is 4.28. The van der Waals surface area contributed by atoms with Crippen LogP contribution in [0, 0.1) is 10.1 Å². The van der Waals surface area contributed by atoms with Crippen molar-refractivity contribution in [2.45, 2.75) is 6.61 Å². The minimum atomic E-state index is -0.832. The number of hydrogen-bond donors (Lipinski definition) is 0. The van der Waals surface area contributed by atoms with Crippen LogP contribution in [0.4, 0.5) is 5.69 Å². The molecule has 3 aromatic rings. The van der Waals surface area contributed by atoms with E-state index in [1.165, 1.54) is 24.3 Å². The van der Waals surface area contributed by atoms with Gasteiger partial charge in [-0.25, -0.2) is 4.79 Å². The predicted octanol–water partition coefficient (Wildman–Crippen LogP) is 3.00. The molecule has 1 aromatic heterocycles. The molecular weight excluding hydrogens is 314 g/mol. The molecule has 0 unspecified atom stereocenters. The van der Waals surface area contributed by atoms with Crippen LogP contribution in [0.15, 0.2) is 59.0 Å².